The van der Waals surface area contributed by atoms with Gasteiger partial charge in [-0.2, -0.15) is 10.4 Å². The first-order valence-electron chi connectivity index (χ1n) is 9.35. The van der Waals surface area contributed by atoms with Crippen LogP contribution in [0.4, 0.5) is 10.3 Å². The van der Waals surface area contributed by atoms with E-state index in [0.29, 0.717) is 11.1 Å². The van der Waals surface area contributed by atoms with Crippen molar-refractivity contribution in [3.05, 3.63) is 99.3 Å². The molecule has 2 aromatic carbocycles. The molecular formula is C23H14ClFN6O. The number of pyridine rings is 1. The lowest BCUT2D eigenvalue weighted by atomic mass is 10.1. The van der Waals surface area contributed by atoms with Gasteiger partial charge in [-0.05, 0) is 17.2 Å². The molecule has 2 heterocycles. The van der Waals surface area contributed by atoms with Gasteiger partial charge in [-0.3, -0.25) is 9.78 Å². The molecule has 2 N–H and O–H groups in total. The molecule has 4 rings (SSSR count). The number of hydrogen-bond donors (Lipinski definition) is 2. The highest BCUT2D eigenvalue weighted by molar-refractivity contribution is 6.29. The van der Waals surface area contributed by atoms with Gasteiger partial charge in [0.2, 0.25) is 5.95 Å². The number of nitrogens with zero attached hydrogens (tertiary/aromatic N) is 4. The largest absolute Gasteiger partial charge is 0.290 e. The highest BCUT2D eigenvalue weighted by atomic mass is 35.5. The standard InChI is InChI=1S/C23H14ClFN6O/c24-21-19(25)10-17(13-27-21)15-8-6-14(7-9-15)12-28-31-23-29-20(16-4-2-1-3-5-16)18(11-26)22(32)30-23/h1-10,12-13H,(H2,29,30,31,32). The maximum absolute atomic E-state index is 13.6. The van der Waals surface area contributed by atoms with E-state index in [2.05, 4.69) is 25.5 Å². The average Bonchev–Trinajstić information content (AvgIpc) is 2.81. The highest BCUT2D eigenvalue weighted by Crippen LogP contribution is 2.22. The SMILES string of the molecule is N#Cc1c(-c2ccccc2)nc(NN=Cc2ccc(-c3cnc(Cl)c(F)c3)cc2)[nH]c1=O. The lowest BCUT2D eigenvalue weighted by molar-refractivity contribution is 0.622. The smallest absolute Gasteiger partial charge is 0.270 e. The predicted molar refractivity (Wildman–Crippen MR) is 121 cm³/mol. The zero-order valence-corrected chi connectivity index (χ0v) is 17.1. The quantitative estimate of drug-likeness (QED) is 0.265. The lowest BCUT2D eigenvalue weighted by Crippen LogP contribution is -2.16. The number of hydrogen-bond acceptors (Lipinski definition) is 6. The van der Waals surface area contributed by atoms with Crippen molar-refractivity contribution < 1.29 is 4.39 Å². The molecule has 0 atom stereocenters. The average molecular weight is 445 g/mol. The van der Waals surface area contributed by atoms with Gasteiger partial charge in [-0.1, -0.05) is 66.2 Å². The molecule has 32 heavy (non-hydrogen) atoms. The summed E-state index contributed by atoms with van der Waals surface area (Å²) in [6.45, 7) is 0. The summed E-state index contributed by atoms with van der Waals surface area (Å²) in [4.78, 5) is 22.9. The molecule has 4 aromatic rings. The number of anilines is 1. The minimum atomic E-state index is -0.585. The molecule has 0 bridgehead atoms. The number of nitrogens with one attached hydrogen (secondary N) is 2. The van der Waals surface area contributed by atoms with Gasteiger partial charge in [0, 0.05) is 17.3 Å². The molecule has 0 saturated carbocycles. The highest BCUT2D eigenvalue weighted by Gasteiger charge is 2.12. The summed E-state index contributed by atoms with van der Waals surface area (Å²) in [5, 5.41) is 13.2. The number of hydrazone groups is 1. The Balaban J connectivity index is 1.53. The molecule has 0 amide bonds. The molecule has 0 aliphatic rings. The molecule has 0 aliphatic heterocycles. The fraction of sp³-hybridized carbons (Fsp3) is 0. The maximum atomic E-state index is 13.6. The van der Waals surface area contributed by atoms with Gasteiger partial charge in [0.25, 0.3) is 5.56 Å². The van der Waals surface area contributed by atoms with Crippen LogP contribution in [-0.4, -0.2) is 21.2 Å². The Morgan fingerprint density at radius 1 is 1.09 bits per heavy atom. The normalized spacial score (nSPS) is 10.8. The Morgan fingerprint density at radius 3 is 2.53 bits per heavy atom. The van der Waals surface area contributed by atoms with E-state index in [4.69, 9.17) is 11.6 Å². The summed E-state index contributed by atoms with van der Waals surface area (Å²) in [6.07, 6.45) is 3.03. The summed E-state index contributed by atoms with van der Waals surface area (Å²) in [5.41, 5.74) is 5.07. The Morgan fingerprint density at radius 2 is 1.84 bits per heavy atom. The number of aromatic amines is 1. The summed E-state index contributed by atoms with van der Waals surface area (Å²) in [6, 6.07) is 19.3. The first kappa shape index (κ1) is 20.9. The third kappa shape index (κ3) is 4.53. The van der Waals surface area contributed by atoms with Crippen LogP contribution >= 0.6 is 11.6 Å². The fourth-order valence-corrected chi connectivity index (χ4v) is 3.05. The molecule has 0 saturated heterocycles. The van der Waals surface area contributed by atoms with Crippen molar-refractivity contribution in [2.45, 2.75) is 0 Å². The first-order valence-corrected chi connectivity index (χ1v) is 9.73. The molecule has 7 nitrogen and oxygen atoms in total. The van der Waals surface area contributed by atoms with Crippen molar-refractivity contribution in [3.8, 4) is 28.5 Å². The van der Waals surface area contributed by atoms with Crippen molar-refractivity contribution in [2.24, 2.45) is 5.10 Å². The molecule has 156 valence electrons. The van der Waals surface area contributed by atoms with E-state index in [9.17, 15) is 14.4 Å². The van der Waals surface area contributed by atoms with Crippen LogP contribution in [-0.2, 0) is 0 Å². The van der Waals surface area contributed by atoms with E-state index in [1.54, 1.807) is 48.5 Å². The van der Waals surface area contributed by atoms with E-state index in [-0.39, 0.29) is 22.4 Å². The van der Waals surface area contributed by atoms with Crippen LogP contribution in [0.1, 0.15) is 11.1 Å². The van der Waals surface area contributed by atoms with Crippen LogP contribution in [0.5, 0.6) is 0 Å². The zero-order chi connectivity index (χ0) is 22.5. The van der Waals surface area contributed by atoms with Crippen molar-refractivity contribution in [1.82, 2.24) is 15.0 Å². The summed E-state index contributed by atoms with van der Waals surface area (Å²) in [5.74, 6) is -0.485. The Labute approximate surface area is 186 Å². The monoisotopic (exact) mass is 444 g/mol. The van der Waals surface area contributed by atoms with Crippen molar-refractivity contribution >= 4 is 23.8 Å². The van der Waals surface area contributed by atoms with Gasteiger partial charge in [-0.25, -0.2) is 19.8 Å². The van der Waals surface area contributed by atoms with E-state index in [0.717, 1.165) is 11.1 Å². The first-order chi connectivity index (χ1) is 15.5. The third-order valence-electron chi connectivity index (χ3n) is 4.50. The van der Waals surface area contributed by atoms with Crippen LogP contribution < -0.4 is 11.0 Å². The molecule has 0 fully saturated rings. The van der Waals surface area contributed by atoms with Gasteiger partial charge in [0.15, 0.2) is 11.0 Å². The Hall–Kier alpha value is -4.35. The van der Waals surface area contributed by atoms with E-state index in [1.807, 2.05) is 12.1 Å². The predicted octanol–water partition coefficient (Wildman–Crippen LogP) is 4.61. The second-order valence-electron chi connectivity index (χ2n) is 6.60. The maximum Gasteiger partial charge on any atom is 0.270 e. The van der Waals surface area contributed by atoms with Crippen LogP contribution in [0.2, 0.25) is 5.15 Å². The van der Waals surface area contributed by atoms with Gasteiger partial charge in [0.05, 0.1) is 11.9 Å². The van der Waals surface area contributed by atoms with Crippen LogP contribution in [0.3, 0.4) is 0 Å². The van der Waals surface area contributed by atoms with Crippen molar-refractivity contribution in [3.63, 3.8) is 0 Å². The minimum absolute atomic E-state index is 0.0746. The van der Waals surface area contributed by atoms with E-state index >= 15 is 0 Å². The number of nitriles is 1. The Kier molecular flexibility index (Phi) is 6.01. The lowest BCUT2D eigenvalue weighted by Gasteiger charge is -2.06. The molecule has 0 aliphatic carbocycles. The third-order valence-corrected chi connectivity index (χ3v) is 4.78. The van der Waals surface area contributed by atoms with E-state index in [1.165, 1.54) is 18.5 Å². The van der Waals surface area contributed by atoms with Crippen molar-refractivity contribution in [1.29, 1.82) is 5.26 Å². The topological polar surface area (TPSA) is 107 Å². The van der Waals surface area contributed by atoms with Crippen LogP contribution in [0.15, 0.2) is 76.8 Å². The fourth-order valence-electron chi connectivity index (χ4n) is 2.94. The minimum Gasteiger partial charge on any atom is -0.290 e. The summed E-state index contributed by atoms with van der Waals surface area (Å²) < 4.78 is 13.6. The molecule has 0 unspecified atom stereocenters. The number of halogens is 2. The molecule has 2 aromatic heterocycles. The molecule has 9 heteroatoms. The molecule has 0 spiro atoms. The second-order valence-corrected chi connectivity index (χ2v) is 6.96. The second kappa shape index (κ2) is 9.20. The van der Waals surface area contributed by atoms with Gasteiger partial charge < -0.3 is 0 Å². The number of aromatic nitrogens is 3. The van der Waals surface area contributed by atoms with Crippen LogP contribution in [0.25, 0.3) is 22.4 Å². The van der Waals surface area contributed by atoms with Crippen molar-refractivity contribution in [2.75, 3.05) is 5.43 Å². The van der Waals surface area contributed by atoms with Gasteiger partial charge in [0.1, 0.15) is 11.6 Å². The zero-order valence-electron chi connectivity index (χ0n) is 16.4. The summed E-state index contributed by atoms with van der Waals surface area (Å²) >= 11 is 5.62. The van der Waals surface area contributed by atoms with Crippen LogP contribution in [0, 0.1) is 17.1 Å². The van der Waals surface area contributed by atoms with Gasteiger partial charge in [-0.15, -0.1) is 0 Å². The number of rotatable bonds is 5. The summed E-state index contributed by atoms with van der Waals surface area (Å²) in [7, 11) is 0. The van der Waals surface area contributed by atoms with E-state index < -0.39 is 11.4 Å². The number of benzene rings is 2. The van der Waals surface area contributed by atoms with Gasteiger partial charge >= 0.3 is 0 Å². The molecule has 0 radical (unpaired) electrons. The number of H-pyrrole nitrogens is 1. The molecular weight excluding hydrogens is 431 g/mol. The Bertz CT molecular complexity index is 1400.